The van der Waals surface area contributed by atoms with E-state index in [1.165, 1.54) is 16.8 Å². The third-order valence-corrected chi connectivity index (χ3v) is 4.69. The molecule has 1 N–H and O–H groups in total. The van der Waals surface area contributed by atoms with Crippen molar-refractivity contribution >= 4 is 28.3 Å². The molecule has 0 fully saturated rings. The molecule has 0 bridgehead atoms. The van der Waals surface area contributed by atoms with E-state index in [9.17, 15) is 27.6 Å². The number of carbonyl (C=O) groups excluding carboxylic acids is 2. The number of hydrogen-bond donors (Lipinski definition) is 1. The van der Waals surface area contributed by atoms with E-state index in [-0.39, 0.29) is 16.9 Å². The molecule has 0 radical (unpaired) electrons. The van der Waals surface area contributed by atoms with Crippen LogP contribution in [0, 0.1) is 5.92 Å². The van der Waals surface area contributed by atoms with E-state index in [0.717, 1.165) is 12.1 Å². The van der Waals surface area contributed by atoms with Gasteiger partial charge in [-0.25, -0.2) is 9.48 Å². The first-order chi connectivity index (χ1) is 16.0. The summed E-state index contributed by atoms with van der Waals surface area (Å²) in [5, 5.41) is 7.17. The van der Waals surface area contributed by atoms with Gasteiger partial charge in [-0.3, -0.25) is 9.59 Å². The van der Waals surface area contributed by atoms with Gasteiger partial charge in [0.15, 0.2) is 12.3 Å². The Balaban J connectivity index is 1.69. The van der Waals surface area contributed by atoms with Crippen molar-refractivity contribution < 1.29 is 32.2 Å². The van der Waals surface area contributed by atoms with Gasteiger partial charge in [-0.2, -0.15) is 5.10 Å². The van der Waals surface area contributed by atoms with Gasteiger partial charge in [0.05, 0.1) is 5.39 Å². The molecule has 0 saturated heterocycles. The van der Waals surface area contributed by atoms with Gasteiger partial charge in [0, 0.05) is 17.6 Å². The second-order valence-corrected chi connectivity index (χ2v) is 7.80. The molecule has 1 aromatic heterocycles. The number of alkyl halides is 3. The largest absolute Gasteiger partial charge is 0.573 e. The number of nitrogens with zero attached hydrogens (tertiary/aromatic N) is 2. The van der Waals surface area contributed by atoms with Crippen LogP contribution >= 0.6 is 0 Å². The van der Waals surface area contributed by atoms with Gasteiger partial charge >= 0.3 is 12.3 Å². The normalized spacial score (nSPS) is 11.5. The SMILES string of the molecule is CC(C)CCn1nc(C(=O)OCC(=O)Nc2ccc(OC(F)(F)F)cc2)c2ccccc2c1=O. The number of amides is 1. The van der Waals surface area contributed by atoms with Crippen molar-refractivity contribution in [2.45, 2.75) is 33.2 Å². The predicted octanol–water partition coefficient (Wildman–Crippen LogP) is 4.14. The fourth-order valence-electron chi connectivity index (χ4n) is 3.05. The Morgan fingerprint density at radius 3 is 2.32 bits per heavy atom. The highest BCUT2D eigenvalue weighted by molar-refractivity contribution is 6.03. The lowest BCUT2D eigenvalue weighted by atomic mass is 10.1. The number of fused-ring (bicyclic) bond motifs is 1. The smallest absolute Gasteiger partial charge is 0.451 e. The molecule has 1 amide bonds. The molecule has 11 heteroatoms. The van der Waals surface area contributed by atoms with Crippen LogP contribution in [0.1, 0.15) is 30.8 Å². The summed E-state index contributed by atoms with van der Waals surface area (Å²) in [6.45, 7) is 3.64. The molecule has 0 aliphatic heterocycles. The molecule has 3 rings (SSSR count). The predicted molar refractivity (Wildman–Crippen MR) is 117 cm³/mol. The van der Waals surface area contributed by atoms with E-state index in [1.54, 1.807) is 24.3 Å². The molecular weight excluding hydrogens is 455 g/mol. The summed E-state index contributed by atoms with van der Waals surface area (Å²) in [5.74, 6) is -1.73. The highest BCUT2D eigenvalue weighted by Crippen LogP contribution is 2.24. The van der Waals surface area contributed by atoms with Crippen LogP contribution in [0.2, 0.25) is 0 Å². The Morgan fingerprint density at radius 1 is 1.06 bits per heavy atom. The Morgan fingerprint density at radius 2 is 1.71 bits per heavy atom. The van der Waals surface area contributed by atoms with Crippen LogP contribution in [-0.4, -0.2) is 34.6 Å². The van der Waals surface area contributed by atoms with Gasteiger partial charge in [-0.15, -0.1) is 13.2 Å². The Labute approximate surface area is 192 Å². The number of nitrogens with one attached hydrogen (secondary N) is 1. The number of rotatable bonds is 8. The minimum Gasteiger partial charge on any atom is -0.451 e. The number of ether oxygens (including phenoxy) is 2. The average molecular weight is 477 g/mol. The molecule has 0 saturated carbocycles. The van der Waals surface area contributed by atoms with Crippen LogP contribution in [0.4, 0.5) is 18.9 Å². The number of halogens is 3. The maximum Gasteiger partial charge on any atom is 0.573 e. The first kappa shape index (κ1) is 24.7. The Bertz CT molecular complexity index is 1240. The molecule has 0 spiro atoms. The molecule has 0 aliphatic rings. The van der Waals surface area contributed by atoms with Gasteiger partial charge in [-0.1, -0.05) is 32.0 Å². The number of hydrogen-bond acceptors (Lipinski definition) is 6. The second kappa shape index (κ2) is 10.4. The standard InChI is InChI=1S/C23H22F3N3O5/c1-14(2)11-12-29-21(31)18-6-4-3-5-17(18)20(28-29)22(32)33-13-19(30)27-15-7-9-16(10-8-15)34-23(24,25)26/h3-10,14H,11-13H2,1-2H3,(H,27,30). The molecule has 3 aromatic rings. The summed E-state index contributed by atoms with van der Waals surface area (Å²) in [5.41, 5.74) is -0.245. The summed E-state index contributed by atoms with van der Waals surface area (Å²) in [4.78, 5) is 37.5. The van der Waals surface area contributed by atoms with Crippen molar-refractivity contribution in [3.8, 4) is 5.75 Å². The number of aromatic nitrogens is 2. The van der Waals surface area contributed by atoms with Crippen LogP contribution in [0.5, 0.6) is 5.75 Å². The van der Waals surface area contributed by atoms with E-state index in [4.69, 9.17) is 4.74 Å². The zero-order valence-corrected chi connectivity index (χ0v) is 18.4. The van der Waals surface area contributed by atoms with Gasteiger partial charge in [-0.05, 0) is 42.7 Å². The lowest BCUT2D eigenvalue weighted by molar-refractivity contribution is -0.274. The van der Waals surface area contributed by atoms with E-state index >= 15 is 0 Å². The van der Waals surface area contributed by atoms with Gasteiger partial charge in [0.2, 0.25) is 0 Å². The molecule has 34 heavy (non-hydrogen) atoms. The quantitative estimate of drug-likeness (QED) is 0.490. The van der Waals surface area contributed by atoms with Crippen LogP contribution in [0.25, 0.3) is 10.8 Å². The highest BCUT2D eigenvalue weighted by Gasteiger charge is 2.31. The van der Waals surface area contributed by atoms with Crippen molar-refractivity contribution in [3.63, 3.8) is 0 Å². The van der Waals surface area contributed by atoms with Gasteiger partial charge in [0.1, 0.15) is 5.75 Å². The molecule has 180 valence electrons. The fourth-order valence-corrected chi connectivity index (χ4v) is 3.05. The molecule has 2 aromatic carbocycles. The van der Waals surface area contributed by atoms with Crippen molar-refractivity contribution in [2.24, 2.45) is 5.92 Å². The molecule has 0 atom stereocenters. The number of aryl methyl sites for hydroxylation is 1. The number of carbonyl (C=O) groups is 2. The van der Waals surface area contributed by atoms with E-state index in [2.05, 4.69) is 15.2 Å². The number of benzene rings is 2. The molecule has 0 aliphatic carbocycles. The molecule has 8 nitrogen and oxygen atoms in total. The third kappa shape index (κ3) is 6.56. The van der Waals surface area contributed by atoms with Gasteiger partial charge in [0.25, 0.3) is 11.5 Å². The first-order valence-electron chi connectivity index (χ1n) is 10.4. The minimum atomic E-state index is -4.82. The average Bonchev–Trinajstić information content (AvgIpc) is 2.77. The second-order valence-electron chi connectivity index (χ2n) is 7.80. The zero-order valence-electron chi connectivity index (χ0n) is 18.4. The van der Waals surface area contributed by atoms with Crippen molar-refractivity contribution in [3.05, 3.63) is 64.6 Å². The van der Waals surface area contributed by atoms with Crippen molar-refractivity contribution in [1.82, 2.24) is 9.78 Å². The third-order valence-electron chi connectivity index (χ3n) is 4.69. The van der Waals surface area contributed by atoms with Crippen LogP contribution in [0.3, 0.4) is 0 Å². The maximum absolute atomic E-state index is 12.7. The molecule has 1 heterocycles. The van der Waals surface area contributed by atoms with E-state index in [1.807, 2.05) is 13.8 Å². The summed E-state index contributed by atoms with van der Waals surface area (Å²) in [6.07, 6.45) is -4.15. The molecular formula is C23H22F3N3O5. The van der Waals surface area contributed by atoms with Gasteiger partial charge < -0.3 is 14.8 Å². The maximum atomic E-state index is 12.7. The Kier molecular flexibility index (Phi) is 7.54. The minimum absolute atomic E-state index is 0.0968. The monoisotopic (exact) mass is 477 g/mol. The summed E-state index contributed by atoms with van der Waals surface area (Å²) >= 11 is 0. The van der Waals surface area contributed by atoms with Crippen LogP contribution in [-0.2, 0) is 16.1 Å². The van der Waals surface area contributed by atoms with E-state index < -0.39 is 30.6 Å². The summed E-state index contributed by atoms with van der Waals surface area (Å²) < 4.78 is 46.7. The summed E-state index contributed by atoms with van der Waals surface area (Å²) in [6, 6.07) is 11.0. The Hall–Kier alpha value is -3.89. The first-order valence-corrected chi connectivity index (χ1v) is 10.4. The van der Waals surface area contributed by atoms with Crippen LogP contribution < -0.4 is 15.6 Å². The lowest BCUT2D eigenvalue weighted by Gasteiger charge is -2.12. The summed E-state index contributed by atoms with van der Waals surface area (Å²) in [7, 11) is 0. The number of anilines is 1. The number of esters is 1. The molecule has 0 unspecified atom stereocenters. The van der Waals surface area contributed by atoms with E-state index in [0.29, 0.717) is 29.7 Å². The van der Waals surface area contributed by atoms with Crippen molar-refractivity contribution in [2.75, 3.05) is 11.9 Å². The lowest BCUT2D eigenvalue weighted by Crippen LogP contribution is -2.28. The fraction of sp³-hybridized carbons (Fsp3) is 0.304. The highest BCUT2D eigenvalue weighted by atomic mass is 19.4. The topological polar surface area (TPSA) is 99.5 Å². The van der Waals surface area contributed by atoms with Crippen molar-refractivity contribution in [1.29, 1.82) is 0 Å². The zero-order chi connectivity index (χ0) is 24.9. The van der Waals surface area contributed by atoms with Crippen LogP contribution in [0.15, 0.2) is 53.3 Å².